The number of rotatable bonds is 7. The van der Waals surface area contributed by atoms with Crippen LogP contribution in [0.3, 0.4) is 0 Å². The Morgan fingerprint density at radius 1 is 1.23 bits per heavy atom. The topological polar surface area (TPSA) is 74.8 Å². The third-order valence-electron chi connectivity index (χ3n) is 5.79. The van der Waals surface area contributed by atoms with Gasteiger partial charge in [0.1, 0.15) is 29.5 Å². The highest BCUT2D eigenvalue weighted by atomic mass is 19.1. The Kier molecular flexibility index (Phi) is 5.90. The third-order valence-corrected chi connectivity index (χ3v) is 5.79. The molecule has 1 fully saturated rings. The number of nitrogens with zero attached hydrogens (tertiary/aromatic N) is 1. The van der Waals surface area contributed by atoms with E-state index in [1.165, 1.54) is 24.8 Å². The van der Waals surface area contributed by atoms with E-state index in [1.807, 2.05) is 6.20 Å². The van der Waals surface area contributed by atoms with Gasteiger partial charge in [-0.25, -0.2) is 9.18 Å². The summed E-state index contributed by atoms with van der Waals surface area (Å²) in [5, 5.41) is 10.3. The molecule has 30 heavy (non-hydrogen) atoms. The number of carboxylic acids is 1. The minimum Gasteiger partial charge on any atom is -0.497 e. The first-order valence-corrected chi connectivity index (χ1v) is 10.1. The summed E-state index contributed by atoms with van der Waals surface area (Å²) in [6.07, 6.45) is 3.98. The maximum Gasteiger partial charge on any atom is 0.339 e. The van der Waals surface area contributed by atoms with E-state index in [4.69, 9.17) is 9.47 Å². The summed E-state index contributed by atoms with van der Waals surface area (Å²) in [5.41, 5.74) is 2.28. The zero-order valence-corrected chi connectivity index (χ0v) is 16.9. The van der Waals surface area contributed by atoms with Gasteiger partial charge in [-0.3, -0.25) is 4.90 Å². The van der Waals surface area contributed by atoms with Gasteiger partial charge in [-0.05, 0) is 67.7 Å². The highest BCUT2D eigenvalue weighted by Crippen LogP contribution is 2.33. The molecular formula is C23H25FN2O4. The number of carboxylic acid groups (broad SMARTS) is 1. The maximum absolute atomic E-state index is 13.6. The number of halogens is 1. The number of H-pyrrole nitrogens is 1. The SMILES string of the molecule is COc1ccc(C(=O)O)c(OCCN2CCC(c3c[nH]c4ccc(F)cc34)CC2)c1. The van der Waals surface area contributed by atoms with Crippen LogP contribution in [0.4, 0.5) is 4.39 Å². The molecule has 7 heteroatoms. The molecule has 0 atom stereocenters. The molecule has 0 bridgehead atoms. The molecule has 1 aliphatic heterocycles. The van der Waals surface area contributed by atoms with Crippen molar-refractivity contribution < 1.29 is 23.8 Å². The van der Waals surface area contributed by atoms with E-state index >= 15 is 0 Å². The quantitative estimate of drug-likeness (QED) is 0.606. The molecule has 1 aromatic heterocycles. The molecular weight excluding hydrogens is 387 g/mol. The van der Waals surface area contributed by atoms with Crippen molar-refractivity contribution in [2.24, 2.45) is 0 Å². The van der Waals surface area contributed by atoms with Gasteiger partial charge in [0.2, 0.25) is 0 Å². The second kappa shape index (κ2) is 8.75. The van der Waals surface area contributed by atoms with E-state index in [2.05, 4.69) is 9.88 Å². The van der Waals surface area contributed by atoms with Crippen molar-refractivity contribution in [1.82, 2.24) is 9.88 Å². The van der Waals surface area contributed by atoms with E-state index in [0.717, 1.165) is 36.8 Å². The first-order chi connectivity index (χ1) is 14.5. The molecule has 3 aromatic rings. The fourth-order valence-electron chi connectivity index (χ4n) is 4.13. The summed E-state index contributed by atoms with van der Waals surface area (Å²) >= 11 is 0. The van der Waals surface area contributed by atoms with Gasteiger partial charge in [-0.15, -0.1) is 0 Å². The van der Waals surface area contributed by atoms with Gasteiger partial charge in [-0.2, -0.15) is 0 Å². The molecule has 1 saturated heterocycles. The molecule has 2 heterocycles. The molecule has 2 N–H and O–H groups in total. The van der Waals surface area contributed by atoms with Crippen molar-refractivity contribution in [3.63, 3.8) is 0 Å². The molecule has 0 amide bonds. The average Bonchev–Trinajstić information content (AvgIpc) is 3.17. The smallest absolute Gasteiger partial charge is 0.339 e. The molecule has 0 spiro atoms. The number of likely N-dealkylation sites (tertiary alicyclic amines) is 1. The Balaban J connectivity index is 1.32. The van der Waals surface area contributed by atoms with Crippen LogP contribution >= 0.6 is 0 Å². The van der Waals surface area contributed by atoms with Crippen LogP contribution in [-0.4, -0.2) is 54.3 Å². The number of methoxy groups -OCH3 is 1. The van der Waals surface area contributed by atoms with E-state index in [-0.39, 0.29) is 11.4 Å². The monoisotopic (exact) mass is 412 g/mol. The Labute approximate surface area is 174 Å². The summed E-state index contributed by atoms with van der Waals surface area (Å²) in [5.74, 6) is 0.0399. The van der Waals surface area contributed by atoms with Crippen molar-refractivity contribution in [1.29, 1.82) is 0 Å². The number of piperidine rings is 1. The number of aromatic carboxylic acids is 1. The molecule has 0 radical (unpaired) electrons. The molecule has 158 valence electrons. The van der Waals surface area contributed by atoms with Crippen molar-refractivity contribution >= 4 is 16.9 Å². The number of aromatic nitrogens is 1. The lowest BCUT2D eigenvalue weighted by molar-refractivity contribution is 0.0691. The van der Waals surface area contributed by atoms with Gasteiger partial charge < -0.3 is 19.6 Å². The molecule has 2 aromatic carbocycles. The Bertz CT molecular complexity index is 1040. The van der Waals surface area contributed by atoms with E-state index in [9.17, 15) is 14.3 Å². The lowest BCUT2D eigenvalue weighted by Gasteiger charge is -2.31. The Hall–Kier alpha value is -3.06. The van der Waals surface area contributed by atoms with Crippen molar-refractivity contribution in [3.05, 3.63) is 59.5 Å². The molecule has 0 saturated carbocycles. The van der Waals surface area contributed by atoms with Gasteiger partial charge in [-0.1, -0.05) is 0 Å². The first-order valence-electron chi connectivity index (χ1n) is 10.1. The Morgan fingerprint density at radius 3 is 2.77 bits per heavy atom. The summed E-state index contributed by atoms with van der Waals surface area (Å²) < 4.78 is 24.6. The predicted molar refractivity (Wildman–Crippen MR) is 112 cm³/mol. The highest BCUT2D eigenvalue weighted by molar-refractivity contribution is 5.91. The lowest BCUT2D eigenvalue weighted by atomic mass is 9.89. The second-order valence-corrected chi connectivity index (χ2v) is 7.57. The van der Waals surface area contributed by atoms with Crippen LogP contribution in [0.2, 0.25) is 0 Å². The zero-order chi connectivity index (χ0) is 21.1. The summed E-state index contributed by atoms with van der Waals surface area (Å²) in [6, 6.07) is 9.57. The van der Waals surface area contributed by atoms with Crippen LogP contribution in [0, 0.1) is 5.82 Å². The summed E-state index contributed by atoms with van der Waals surface area (Å²) in [7, 11) is 1.53. The third kappa shape index (κ3) is 4.26. The lowest BCUT2D eigenvalue weighted by Crippen LogP contribution is -2.35. The number of hydrogen-bond donors (Lipinski definition) is 2. The standard InChI is InChI=1S/C23H25FN2O4/c1-29-17-3-4-18(23(27)28)22(13-17)30-11-10-26-8-6-15(7-9-26)20-14-25-21-5-2-16(24)12-19(20)21/h2-5,12-15,25H,6-11H2,1H3,(H,27,28). The summed E-state index contributed by atoms with van der Waals surface area (Å²) in [4.78, 5) is 16.9. The van der Waals surface area contributed by atoms with Gasteiger partial charge in [0.15, 0.2) is 0 Å². The number of hydrogen-bond acceptors (Lipinski definition) is 4. The molecule has 0 aliphatic carbocycles. The Morgan fingerprint density at radius 2 is 2.03 bits per heavy atom. The highest BCUT2D eigenvalue weighted by Gasteiger charge is 2.23. The van der Waals surface area contributed by atoms with Crippen LogP contribution in [0.15, 0.2) is 42.6 Å². The van der Waals surface area contributed by atoms with Gasteiger partial charge >= 0.3 is 5.97 Å². The number of benzene rings is 2. The van der Waals surface area contributed by atoms with Crippen LogP contribution in [0.1, 0.15) is 34.7 Å². The van der Waals surface area contributed by atoms with Gasteiger partial charge in [0, 0.05) is 29.7 Å². The number of aromatic amines is 1. The van der Waals surface area contributed by atoms with Gasteiger partial charge in [0.05, 0.1) is 7.11 Å². The second-order valence-electron chi connectivity index (χ2n) is 7.57. The number of ether oxygens (including phenoxy) is 2. The minimum absolute atomic E-state index is 0.126. The van der Waals surface area contributed by atoms with Crippen molar-refractivity contribution in [2.45, 2.75) is 18.8 Å². The molecule has 4 rings (SSSR count). The fraction of sp³-hybridized carbons (Fsp3) is 0.348. The molecule has 6 nitrogen and oxygen atoms in total. The van der Waals surface area contributed by atoms with Gasteiger partial charge in [0.25, 0.3) is 0 Å². The first kappa shape index (κ1) is 20.2. The molecule has 1 aliphatic rings. The molecule has 0 unspecified atom stereocenters. The van der Waals surface area contributed by atoms with E-state index in [0.29, 0.717) is 30.6 Å². The van der Waals surface area contributed by atoms with E-state index < -0.39 is 5.97 Å². The van der Waals surface area contributed by atoms with Crippen LogP contribution in [0.5, 0.6) is 11.5 Å². The number of nitrogens with one attached hydrogen (secondary N) is 1. The zero-order valence-electron chi connectivity index (χ0n) is 16.9. The van der Waals surface area contributed by atoms with Crippen LogP contribution in [-0.2, 0) is 0 Å². The maximum atomic E-state index is 13.6. The van der Waals surface area contributed by atoms with Crippen LogP contribution < -0.4 is 9.47 Å². The number of fused-ring (bicyclic) bond motifs is 1. The minimum atomic E-state index is -1.02. The van der Waals surface area contributed by atoms with Crippen LogP contribution in [0.25, 0.3) is 10.9 Å². The predicted octanol–water partition coefficient (Wildman–Crippen LogP) is 4.27. The van der Waals surface area contributed by atoms with Crippen molar-refractivity contribution in [2.75, 3.05) is 33.4 Å². The number of carbonyl (C=O) groups is 1. The summed E-state index contributed by atoms with van der Waals surface area (Å²) in [6.45, 7) is 2.95. The normalized spacial score (nSPS) is 15.4. The fourth-order valence-corrected chi connectivity index (χ4v) is 4.13. The largest absolute Gasteiger partial charge is 0.497 e. The average molecular weight is 412 g/mol. The van der Waals surface area contributed by atoms with E-state index in [1.54, 1.807) is 24.3 Å². The van der Waals surface area contributed by atoms with Crippen molar-refractivity contribution in [3.8, 4) is 11.5 Å².